The van der Waals surface area contributed by atoms with Gasteiger partial charge in [0.15, 0.2) is 6.61 Å². The van der Waals surface area contributed by atoms with Gasteiger partial charge in [-0.05, 0) is 55.9 Å². The molecule has 31 heavy (non-hydrogen) atoms. The zero-order valence-electron chi connectivity index (χ0n) is 17.0. The van der Waals surface area contributed by atoms with Crippen LogP contribution < -0.4 is 14.8 Å². The zero-order valence-corrected chi connectivity index (χ0v) is 17.8. The van der Waals surface area contributed by atoms with Crippen molar-refractivity contribution in [3.63, 3.8) is 0 Å². The average molecular weight is 444 g/mol. The largest absolute Gasteiger partial charge is 0.482 e. The molecule has 2 N–H and O–H groups in total. The van der Waals surface area contributed by atoms with Crippen LogP contribution in [0.2, 0.25) is 0 Å². The highest BCUT2D eigenvalue weighted by molar-refractivity contribution is 7.89. The molecule has 1 amide bonds. The number of hydrogen-bond donors (Lipinski definition) is 2. The van der Waals surface area contributed by atoms with Crippen LogP contribution in [0.4, 0.5) is 10.1 Å². The molecule has 0 fully saturated rings. The van der Waals surface area contributed by atoms with Gasteiger partial charge in [-0.15, -0.1) is 0 Å². The predicted octanol–water partition coefficient (Wildman–Crippen LogP) is 2.54. The number of rotatable bonds is 6. The summed E-state index contributed by atoms with van der Waals surface area (Å²) in [5, 5.41) is 7.35. The van der Waals surface area contributed by atoms with E-state index >= 15 is 0 Å². The molecule has 0 spiro atoms. The number of carbonyl (C=O) groups is 1. The Balaban J connectivity index is 1.85. The van der Waals surface area contributed by atoms with Crippen LogP contribution in [0.3, 0.4) is 0 Å². The molecular formula is C21H21FN4O4S. The van der Waals surface area contributed by atoms with Gasteiger partial charge in [-0.2, -0.15) is 5.10 Å². The molecule has 0 aliphatic carbocycles. The lowest BCUT2D eigenvalue weighted by molar-refractivity contribution is -0.118. The lowest BCUT2D eigenvalue weighted by Crippen LogP contribution is -2.25. The fourth-order valence-electron chi connectivity index (χ4n) is 3.54. The average Bonchev–Trinajstić information content (AvgIpc) is 3.08. The Hall–Kier alpha value is -3.24. The van der Waals surface area contributed by atoms with Crippen molar-refractivity contribution >= 4 is 21.6 Å². The number of sulfonamides is 1. The normalized spacial score (nSPS) is 13.5. The van der Waals surface area contributed by atoms with Crippen molar-refractivity contribution in [2.45, 2.75) is 13.5 Å². The number of aryl methyl sites for hydroxylation is 2. The van der Waals surface area contributed by atoms with Crippen LogP contribution in [-0.4, -0.2) is 43.5 Å². The number of carbonyl (C=O) groups excluding carboxylic acids is 1. The van der Waals surface area contributed by atoms with E-state index in [0.29, 0.717) is 28.4 Å². The van der Waals surface area contributed by atoms with Gasteiger partial charge >= 0.3 is 0 Å². The maximum absolute atomic E-state index is 13.5. The van der Waals surface area contributed by atoms with Gasteiger partial charge < -0.3 is 10.1 Å². The van der Waals surface area contributed by atoms with Crippen LogP contribution in [0, 0.1) is 12.7 Å². The Morgan fingerprint density at radius 3 is 2.61 bits per heavy atom. The third-order valence-corrected chi connectivity index (χ3v) is 6.37. The van der Waals surface area contributed by atoms with Crippen molar-refractivity contribution in [2.24, 2.45) is 0 Å². The predicted molar refractivity (Wildman–Crippen MR) is 115 cm³/mol. The first-order valence-electron chi connectivity index (χ1n) is 9.59. The summed E-state index contributed by atoms with van der Waals surface area (Å²) in [6.07, 6.45) is 0. The fraction of sp³-hybridized carbons (Fsp3) is 0.238. The number of amides is 1. The van der Waals surface area contributed by atoms with Gasteiger partial charge in [0, 0.05) is 11.1 Å². The number of benzene rings is 2. The Kier molecular flexibility index (Phi) is 5.50. The Labute approximate surface area is 179 Å². The highest BCUT2D eigenvalue weighted by Gasteiger charge is 2.23. The summed E-state index contributed by atoms with van der Waals surface area (Å²) in [6.45, 7) is 1.89. The van der Waals surface area contributed by atoms with E-state index in [-0.39, 0.29) is 30.6 Å². The highest BCUT2D eigenvalue weighted by atomic mass is 32.2. The van der Waals surface area contributed by atoms with Crippen LogP contribution in [-0.2, 0) is 21.4 Å². The summed E-state index contributed by atoms with van der Waals surface area (Å²) >= 11 is 0. The standard InChI is InChI=1S/C21H21FN4O4S/c1-13-20(15-5-8-18-17(11-15)24-19(27)12-30-18)21(14-3-6-16(22)7-4-14)26(25-13)9-10-31(28,29)23-2/h3-8,11,23H,9-10,12H2,1-2H3,(H,24,27). The monoisotopic (exact) mass is 444 g/mol. The summed E-state index contributed by atoms with van der Waals surface area (Å²) in [5.74, 6) is -0.212. The zero-order chi connectivity index (χ0) is 22.2. The number of hydrogen-bond acceptors (Lipinski definition) is 5. The quantitative estimate of drug-likeness (QED) is 0.608. The molecule has 0 saturated carbocycles. The summed E-state index contributed by atoms with van der Waals surface area (Å²) in [7, 11) is -2.08. The number of aromatic nitrogens is 2. The molecule has 0 saturated heterocycles. The molecule has 4 rings (SSSR count). The van der Waals surface area contributed by atoms with Crippen molar-refractivity contribution in [1.82, 2.24) is 14.5 Å². The molecule has 2 aromatic carbocycles. The first-order chi connectivity index (χ1) is 14.8. The highest BCUT2D eigenvalue weighted by Crippen LogP contribution is 2.39. The van der Waals surface area contributed by atoms with Gasteiger partial charge in [0.05, 0.1) is 29.4 Å². The molecule has 1 aliphatic heterocycles. The SMILES string of the molecule is CNS(=O)(=O)CCn1nc(C)c(-c2ccc3c(c2)NC(=O)CO3)c1-c1ccc(F)cc1. The van der Waals surface area contributed by atoms with Crippen molar-refractivity contribution < 1.29 is 22.3 Å². The Morgan fingerprint density at radius 1 is 1.19 bits per heavy atom. The van der Waals surface area contributed by atoms with Gasteiger partial charge in [-0.3, -0.25) is 9.48 Å². The second kappa shape index (κ2) is 8.12. The first kappa shape index (κ1) is 21.0. The molecule has 3 aromatic rings. The molecule has 8 nitrogen and oxygen atoms in total. The molecule has 10 heteroatoms. The van der Waals surface area contributed by atoms with Gasteiger partial charge in [0.1, 0.15) is 11.6 Å². The van der Waals surface area contributed by atoms with Crippen LogP contribution in [0.1, 0.15) is 5.69 Å². The third-order valence-electron chi connectivity index (χ3n) is 5.03. The summed E-state index contributed by atoms with van der Waals surface area (Å²) < 4.78 is 46.8. The van der Waals surface area contributed by atoms with Gasteiger partial charge in [-0.1, -0.05) is 6.07 Å². The second-order valence-corrected chi connectivity index (χ2v) is 9.16. The van der Waals surface area contributed by atoms with Crippen molar-refractivity contribution in [3.05, 3.63) is 54.0 Å². The summed E-state index contributed by atoms with van der Waals surface area (Å²) in [5.41, 5.74) is 4.09. The van der Waals surface area contributed by atoms with E-state index < -0.39 is 10.0 Å². The van der Waals surface area contributed by atoms with Crippen LogP contribution in [0.25, 0.3) is 22.4 Å². The Morgan fingerprint density at radius 2 is 1.90 bits per heavy atom. The molecule has 1 aromatic heterocycles. The molecule has 2 heterocycles. The maximum Gasteiger partial charge on any atom is 0.262 e. The van der Waals surface area contributed by atoms with E-state index in [1.54, 1.807) is 28.9 Å². The Bertz CT molecular complexity index is 1250. The van der Waals surface area contributed by atoms with E-state index in [4.69, 9.17) is 4.74 Å². The number of nitrogens with zero attached hydrogens (tertiary/aromatic N) is 2. The van der Waals surface area contributed by atoms with Crippen molar-refractivity contribution in [2.75, 3.05) is 24.7 Å². The third kappa shape index (κ3) is 4.30. The van der Waals surface area contributed by atoms with Gasteiger partial charge in [0.25, 0.3) is 5.91 Å². The van der Waals surface area contributed by atoms with Crippen molar-refractivity contribution in [1.29, 1.82) is 0 Å². The molecule has 0 unspecified atom stereocenters. The first-order valence-corrected chi connectivity index (χ1v) is 11.2. The molecule has 162 valence electrons. The van der Waals surface area contributed by atoms with Crippen LogP contribution in [0.15, 0.2) is 42.5 Å². The minimum Gasteiger partial charge on any atom is -0.482 e. The number of anilines is 1. The fourth-order valence-corrected chi connectivity index (χ4v) is 4.15. The molecule has 0 bridgehead atoms. The topological polar surface area (TPSA) is 102 Å². The lowest BCUT2D eigenvalue weighted by atomic mass is 9.98. The van der Waals surface area contributed by atoms with E-state index in [0.717, 1.165) is 11.1 Å². The molecule has 0 atom stereocenters. The number of ether oxygens (including phenoxy) is 1. The van der Waals surface area contributed by atoms with Crippen molar-refractivity contribution in [3.8, 4) is 28.1 Å². The van der Waals surface area contributed by atoms with E-state index in [2.05, 4.69) is 15.1 Å². The maximum atomic E-state index is 13.5. The smallest absolute Gasteiger partial charge is 0.262 e. The number of halogens is 1. The minimum absolute atomic E-state index is 0.0376. The van der Waals surface area contributed by atoms with E-state index in [1.165, 1.54) is 19.2 Å². The summed E-state index contributed by atoms with van der Waals surface area (Å²) in [6, 6.07) is 11.3. The number of fused-ring (bicyclic) bond motifs is 1. The lowest BCUT2D eigenvalue weighted by Gasteiger charge is -2.19. The minimum atomic E-state index is -3.44. The molecular weight excluding hydrogens is 423 g/mol. The van der Waals surface area contributed by atoms with E-state index in [9.17, 15) is 17.6 Å². The molecule has 0 radical (unpaired) electrons. The summed E-state index contributed by atoms with van der Waals surface area (Å²) in [4.78, 5) is 11.7. The van der Waals surface area contributed by atoms with Crippen LogP contribution >= 0.6 is 0 Å². The van der Waals surface area contributed by atoms with E-state index in [1.807, 2.05) is 13.0 Å². The van der Waals surface area contributed by atoms with Gasteiger partial charge in [-0.25, -0.2) is 17.5 Å². The second-order valence-electron chi connectivity index (χ2n) is 7.11. The molecule has 1 aliphatic rings. The van der Waals surface area contributed by atoms with Gasteiger partial charge in [0.2, 0.25) is 10.0 Å². The number of nitrogens with one attached hydrogen (secondary N) is 2. The van der Waals surface area contributed by atoms with Crippen LogP contribution in [0.5, 0.6) is 5.75 Å².